The van der Waals surface area contributed by atoms with E-state index in [0.29, 0.717) is 5.69 Å². The van der Waals surface area contributed by atoms with E-state index in [0.717, 1.165) is 54.2 Å². The Kier molecular flexibility index (Phi) is 3.81. The van der Waals surface area contributed by atoms with Gasteiger partial charge in [-0.2, -0.15) is 0 Å². The third-order valence-electron chi connectivity index (χ3n) is 4.38. The lowest BCUT2D eigenvalue weighted by molar-refractivity contribution is 0.0990. The van der Waals surface area contributed by atoms with E-state index in [1.807, 2.05) is 19.3 Å². The molecule has 0 bridgehead atoms. The van der Waals surface area contributed by atoms with E-state index in [-0.39, 0.29) is 5.82 Å². The summed E-state index contributed by atoms with van der Waals surface area (Å²) in [5, 5.41) is 0.988. The van der Waals surface area contributed by atoms with Gasteiger partial charge in [-0.25, -0.2) is 15.0 Å². The number of nitrogens with one attached hydrogen (secondary N) is 1. The maximum Gasteiger partial charge on any atom is 0.286 e. The van der Waals surface area contributed by atoms with Crippen LogP contribution in [-0.2, 0) is 4.74 Å². The highest BCUT2D eigenvalue weighted by Gasteiger charge is 2.16. The van der Waals surface area contributed by atoms with E-state index < -0.39 is 5.91 Å². The lowest BCUT2D eigenvalue weighted by atomic mass is 10.1. The Morgan fingerprint density at radius 2 is 2.04 bits per heavy atom. The third-order valence-corrected chi connectivity index (χ3v) is 4.38. The zero-order valence-electron chi connectivity index (χ0n) is 13.8. The SMILES string of the molecule is Cc1nc(C(N)=O)ncc1-c1c[nH]c2ncc(N3CCOCC3)cc12. The molecule has 0 unspecified atom stereocenters. The molecule has 0 saturated carbocycles. The first-order valence-electron chi connectivity index (χ1n) is 8.07. The summed E-state index contributed by atoms with van der Waals surface area (Å²) in [4.78, 5) is 29.5. The molecular weight excluding hydrogens is 320 g/mol. The number of H-pyrrole nitrogens is 1. The van der Waals surface area contributed by atoms with Crippen molar-refractivity contribution in [1.82, 2.24) is 19.9 Å². The molecule has 128 valence electrons. The van der Waals surface area contributed by atoms with Gasteiger partial charge >= 0.3 is 0 Å². The van der Waals surface area contributed by atoms with E-state index in [1.165, 1.54) is 0 Å². The van der Waals surface area contributed by atoms with Crippen LogP contribution in [-0.4, -0.2) is 52.1 Å². The van der Waals surface area contributed by atoms with Crippen LogP contribution in [0.2, 0.25) is 0 Å². The average molecular weight is 338 g/mol. The summed E-state index contributed by atoms with van der Waals surface area (Å²) >= 11 is 0. The Balaban J connectivity index is 1.78. The number of nitrogens with zero attached hydrogens (tertiary/aromatic N) is 4. The summed E-state index contributed by atoms with van der Waals surface area (Å²) in [5.41, 5.74) is 9.59. The molecule has 1 aliphatic rings. The number of hydrogen-bond donors (Lipinski definition) is 2. The van der Waals surface area contributed by atoms with Crippen molar-refractivity contribution in [2.45, 2.75) is 6.92 Å². The fourth-order valence-corrected chi connectivity index (χ4v) is 3.06. The standard InChI is InChI=1S/C17H18N6O2/c1-10-13(8-21-17(22-10)15(18)24)14-9-20-16-12(14)6-11(7-19-16)23-2-4-25-5-3-23/h6-9H,2-5H2,1H3,(H2,18,24)(H,19,20). The van der Waals surface area contributed by atoms with E-state index in [9.17, 15) is 4.79 Å². The van der Waals surface area contributed by atoms with Crippen LogP contribution in [0.5, 0.6) is 0 Å². The molecule has 1 aliphatic heterocycles. The average Bonchev–Trinajstić information content (AvgIpc) is 3.05. The van der Waals surface area contributed by atoms with E-state index >= 15 is 0 Å². The zero-order chi connectivity index (χ0) is 17.4. The Morgan fingerprint density at radius 1 is 1.24 bits per heavy atom. The predicted octanol–water partition coefficient (Wildman–Crippen LogP) is 1.26. The molecule has 3 aromatic rings. The van der Waals surface area contributed by atoms with Gasteiger partial charge < -0.3 is 20.4 Å². The Morgan fingerprint density at radius 3 is 2.76 bits per heavy atom. The van der Waals surface area contributed by atoms with Gasteiger partial charge in [0, 0.05) is 47.7 Å². The van der Waals surface area contributed by atoms with Crippen LogP contribution in [0.4, 0.5) is 5.69 Å². The number of aryl methyl sites for hydroxylation is 1. The fourth-order valence-electron chi connectivity index (χ4n) is 3.06. The minimum atomic E-state index is -0.634. The van der Waals surface area contributed by atoms with Gasteiger partial charge in [0.25, 0.3) is 5.91 Å². The van der Waals surface area contributed by atoms with E-state index in [4.69, 9.17) is 10.5 Å². The molecule has 1 saturated heterocycles. The van der Waals surface area contributed by atoms with Gasteiger partial charge in [-0.1, -0.05) is 0 Å². The highest BCUT2D eigenvalue weighted by Crippen LogP contribution is 2.31. The molecule has 0 aromatic carbocycles. The lowest BCUT2D eigenvalue weighted by Crippen LogP contribution is -2.36. The van der Waals surface area contributed by atoms with Crippen LogP contribution < -0.4 is 10.6 Å². The van der Waals surface area contributed by atoms with Crippen molar-refractivity contribution in [2.75, 3.05) is 31.2 Å². The first kappa shape index (κ1) is 15.5. The van der Waals surface area contributed by atoms with Crippen LogP contribution in [0.15, 0.2) is 24.7 Å². The minimum absolute atomic E-state index is 0.0215. The highest BCUT2D eigenvalue weighted by atomic mass is 16.5. The largest absolute Gasteiger partial charge is 0.378 e. The quantitative estimate of drug-likeness (QED) is 0.744. The molecule has 8 nitrogen and oxygen atoms in total. The number of fused-ring (bicyclic) bond motifs is 1. The van der Waals surface area contributed by atoms with Crippen molar-refractivity contribution >= 4 is 22.6 Å². The summed E-state index contributed by atoms with van der Waals surface area (Å²) in [6.07, 6.45) is 5.39. The van der Waals surface area contributed by atoms with Crippen molar-refractivity contribution < 1.29 is 9.53 Å². The van der Waals surface area contributed by atoms with Crippen LogP contribution in [0, 0.1) is 6.92 Å². The molecule has 4 rings (SSSR count). The number of aromatic amines is 1. The normalized spacial score (nSPS) is 14.8. The van der Waals surface area contributed by atoms with Gasteiger partial charge in [0.05, 0.1) is 25.1 Å². The number of ether oxygens (including phenoxy) is 1. The number of rotatable bonds is 3. The maximum absolute atomic E-state index is 11.2. The Labute approximate surface area is 144 Å². The molecule has 3 N–H and O–H groups in total. The number of amides is 1. The van der Waals surface area contributed by atoms with Gasteiger partial charge in [-0.3, -0.25) is 4.79 Å². The van der Waals surface area contributed by atoms with Gasteiger partial charge in [0.1, 0.15) is 5.65 Å². The maximum atomic E-state index is 11.2. The number of morpholine rings is 1. The minimum Gasteiger partial charge on any atom is -0.378 e. The van der Waals surface area contributed by atoms with Gasteiger partial charge in [-0.05, 0) is 13.0 Å². The van der Waals surface area contributed by atoms with E-state index in [2.05, 4.69) is 30.9 Å². The number of aromatic nitrogens is 4. The lowest BCUT2D eigenvalue weighted by Gasteiger charge is -2.28. The molecule has 1 fully saturated rings. The Bertz CT molecular complexity index is 945. The van der Waals surface area contributed by atoms with Crippen molar-refractivity contribution in [3.8, 4) is 11.1 Å². The first-order chi connectivity index (χ1) is 12.1. The zero-order valence-corrected chi connectivity index (χ0v) is 13.8. The second kappa shape index (κ2) is 6.14. The summed E-state index contributed by atoms with van der Waals surface area (Å²) in [6, 6.07) is 2.11. The molecule has 0 radical (unpaired) electrons. The second-order valence-corrected chi connectivity index (χ2v) is 5.95. The molecule has 0 spiro atoms. The van der Waals surface area contributed by atoms with Crippen LogP contribution >= 0.6 is 0 Å². The van der Waals surface area contributed by atoms with Gasteiger partial charge in [-0.15, -0.1) is 0 Å². The van der Waals surface area contributed by atoms with Crippen LogP contribution in [0.3, 0.4) is 0 Å². The molecule has 0 atom stereocenters. The molecule has 3 aromatic heterocycles. The topological polar surface area (TPSA) is 110 Å². The Hall–Kier alpha value is -3.00. The van der Waals surface area contributed by atoms with Gasteiger partial charge in [0.2, 0.25) is 5.82 Å². The first-order valence-corrected chi connectivity index (χ1v) is 8.07. The molecule has 8 heteroatoms. The predicted molar refractivity (Wildman–Crippen MR) is 93.4 cm³/mol. The summed E-state index contributed by atoms with van der Waals surface area (Å²) < 4.78 is 5.41. The summed E-state index contributed by atoms with van der Waals surface area (Å²) in [6.45, 7) is 4.98. The van der Waals surface area contributed by atoms with Crippen LogP contribution in [0.25, 0.3) is 22.2 Å². The van der Waals surface area contributed by atoms with E-state index in [1.54, 1.807) is 6.20 Å². The van der Waals surface area contributed by atoms with Crippen molar-refractivity contribution in [3.63, 3.8) is 0 Å². The number of pyridine rings is 1. The number of hydrogen-bond acceptors (Lipinski definition) is 6. The monoisotopic (exact) mass is 338 g/mol. The molecular formula is C17H18N6O2. The molecule has 4 heterocycles. The number of carbonyl (C=O) groups excluding carboxylic acids is 1. The van der Waals surface area contributed by atoms with Crippen molar-refractivity contribution in [3.05, 3.63) is 36.2 Å². The number of anilines is 1. The molecule has 0 aliphatic carbocycles. The fraction of sp³-hybridized carbons (Fsp3) is 0.294. The number of carbonyl (C=O) groups is 1. The molecule has 1 amide bonds. The van der Waals surface area contributed by atoms with Crippen molar-refractivity contribution in [1.29, 1.82) is 0 Å². The number of nitrogens with two attached hydrogens (primary N) is 1. The highest BCUT2D eigenvalue weighted by molar-refractivity contribution is 5.96. The third kappa shape index (κ3) is 2.80. The summed E-state index contributed by atoms with van der Waals surface area (Å²) in [7, 11) is 0. The van der Waals surface area contributed by atoms with Crippen molar-refractivity contribution in [2.24, 2.45) is 5.73 Å². The van der Waals surface area contributed by atoms with Gasteiger partial charge in [0.15, 0.2) is 0 Å². The second-order valence-electron chi connectivity index (χ2n) is 5.95. The number of primary amides is 1. The molecule has 25 heavy (non-hydrogen) atoms. The smallest absolute Gasteiger partial charge is 0.286 e. The summed E-state index contributed by atoms with van der Waals surface area (Å²) in [5.74, 6) is -0.613. The van der Waals surface area contributed by atoms with Crippen LogP contribution in [0.1, 0.15) is 16.3 Å².